The van der Waals surface area contributed by atoms with E-state index in [4.69, 9.17) is 4.74 Å². The molecular formula is C15H23FN2O2. The third kappa shape index (κ3) is 5.57. The van der Waals surface area contributed by atoms with Crippen molar-refractivity contribution in [2.24, 2.45) is 0 Å². The van der Waals surface area contributed by atoms with E-state index in [9.17, 15) is 9.18 Å². The van der Waals surface area contributed by atoms with Crippen LogP contribution in [0.1, 0.15) is 32.3 Å². The summed E-state index contributed by atoms with van der Waals surface area (Å²) >= 11 is 0. The second-order valence-corrected chi connectivity index (χ2v) is 4.70. The monoisotopic (exact) mass is 282 g/mol. The SMILES string of the molecule is CCC(CC)NC(=O)COc1cc(F)cc(CNC)c1. The van der Waals surface area contributed by atoms with Gasteiger partial charge >= 0.3 is 0 Å². The number of ether oxygens (including phenoxy) is 1. The van der Waals surface area contributed by atoms with Crippen molar-refractivity contribution >= 4 is 5.91 Å². The van der Waals surface area contributed by atoms with Crippen LogP contribution in [0, 0.1) is 5.82 Å². The molecule has 112 valence electrons. The van der Waals surface area contributed by atoms with Gasteiger partial charge in [0.25, 0.3) is 5.91 Å². The van der Waals surface area contributed by atoms with Crippen LogP contribution in [0.2, 0.25) is 0 Å². The van der Waals surface area contributed by atoms with E-state index in [-0.39, 0.29) is 24.4 Å². The van der Waals surface area contributed by atoms with Gasteiger partial charge in [-0.3, -0.25) is 4.79 Å². The Bertz CT molecular complexity index is 434. The fourth-order valence-corrected chi connectivity index (χ4v) is 1.92. The van der Waals surface area contributed by atoms with Crippen LogP contribution >= 0.6 is 0 Å². The number of amides is 1. The molecule has 1 aromatic rings. The minimum Gasteiger partial charge on any atom is -0.484 e. The molecule has 0 spiro atoms. The van der Waals surface area contributed by atoms with Crippen LogP contribution in [0.4, 0.5) is 4.39 Å². The summed E-state index contributed by atoms with van der Waals surface area (Å²) in [6.07, 6.45) is 1.77. The number of nitrogens with one attached hydrogen (secondary N) is 2. The average molecular weight is 282 g/mol. The molecule has 0 atom stereocenters. The molecule has 1 rings (SSSR count). The Kier molecular flexibility index (Phi) is 7.01. The lowest BCUT2D eigenvalue weighted by molar-refractivity contribution is -0.123. The predicted octanol–water partition coefficient (Wildman–Crippen LogP) is 2.23. The van der Waals surface area contributed by atoms with Crippen molar-refractivity contribution in [3.8, 4) is 5.75 Å². The molecule has 4 nitrogen and oxygen atoms in total. The minimum atomic E-state index is -0.367. The zero-order chi connectivity index (χ0) is 15.0. The summed E-state index contributed by atoms with van der Waals surface area (Å²) in [5.74, 6) is -0.179. The number of carbonyl (C=O) groups excluding carboxylic acids is 1. The topological polar surface area (TPSA) is 50.4 Å². The Hall–Kier alpha value is -1.62. The molecule has 0 bridgehead atoms. The van der Waals surface area contributed by atoms with Gasteiger partial charge in [-0.1, -0.05) is 13.8 Å². The summed E-state index contributed by atoms with van der Waals surface area (Å²) in [4.78, 5) is 11.7. The Labute approximate surface area is 119 Å². The van der Waals surface area contributed by atoms with Crippen molar-refractivity contribution in [1.29, 1.82) is 0 Å². The molecule has 0 aliphatic heterocycles. The Morgan fingerprint density at radius 2 is 2.00 bits per heavy atom. The molecule has 0 aliphatic rings. The van der Waals surface area contributed by atoms with Gasteiger partial charge in [0.1, 0.15) is 11.6 Å². The maximum atomic E-state index is 13.4. The van der Waals surface area contributed by atoms with E-state index in [1.807, 2.05) is 13.8 Å². The third-order valence-corrected chi connectivity index (χ3v) is 3.03. The first-order chi connectivity index (χ1) is 9.58. The van der Waals surface area contributed by atoms with E-state index in [2.05, 4.69) is 10.6 Å². The summed E-state index contributed by atoms with van der Waals surface area (Å²) in [5, 5.41) is 5.81. The number of carbonyl (C=O) groups is 1. The molecule has 5 heteroatoms. The Morgan fingerprint density at radius 3 is 2.60 bits per heavy atom. The fraction of sp³-hybridized carbons (Fsp3) is 0.533. The highest BCUT2D eigenvalue weighted by molar-refractivity contribution is 5.77. The zero-order valence-electron chi connectivity index (χ0n) is 12.3. The summed E-state index contributed by atoms with van der Waals surface area (Å²) in [5.41, 5.74) is 0.780. The standard InChI is InChI=1S/C15H23FN2O2/c1-4-13(5-2)18-15(19)10-20-14-7-11(9-17-3)6-12(16)8-14/h6-8,13,17H,4-5,9-10H2,1-3H3,(H,18,19). The molecule has 0 radical (unpaired) electrons. The van der Waals surface area contributed by atoms with Crippen molar-refractivity contribution < 1.29 is 13.9 Å². The summed E-state index contributed by atoms with van der Waals surface area (Å²) in [6, 6.07) is 4.61. The number of halogens is 1. The van der Waals surface area contributed by atoms with Gasteiger partial charge in [-0.15, -0.1) is 0 Å². The van der Waals surface area contributed by atoms with Crippen LogP contribution in [0.3, 0.4) is 0 Å². The molecule has 2 N–H and O–H groups in total. The maximum Gasteiger partial charge on any atom is 0.258 e. The first kappa shape index (κ1) is 16.4. The largest absolute Gasteiger partial charge is 0.484 e. The molecule has 0 aliphatic carbocycles. The highest BCUT2D eigenvalue weighted by Gasteiger charge is 2.09. The molecule has 0 unspecified atom stereocenters. The first-order valence-corrected chi connectivity index (χ1v) is 6.95. The zero-order valence-corrected chi connectivity index (χ0v) is 12.3. The van der Waals surface area contributed by atoms with Gasteiger partial charge < -0.3 is 15.4 Å². The number of hydrogen-bond donors (Lipinski definition) is 2. The predicted molar refractivity (Wildman–Crippen MR) is 77.2 cm³/mol. The van der Waals surface area contributed by atoms with Gasteiger partial charge in [0.2, 0.25) is 0 Å². The highest BCUT2D eigenvalue weighted by Crippen LogP contribution is 2.16. The maximum absolute atomic E-state index is 13.4. The second-order valence-electron chi connectivity index (χ2n) is 4.70. The van der Waals surface area contributed by atoms with E-state index < -0.39 is 0 Å². The van der Waals surface area contributed by atoms with Gasteiger partial charge in [0.05, 0.1) is 0 Å². The lowest BCUT2D eigenvalue weighted by Gasteiger charge is -2.15. The van der Waals surface area contributed by atoms with E-state index >= 15 is 0 Å². The minimum absolute atomic E-state index is 0.0983. The Morgan fingerprint density at radius 1 is 1.30 bits per heavy atom. The quantitative estimate of drug-likeness (QED) is 0.769. The van der Waals surface area contributed by atoms with Crippen LogP contribution in [0.15, 0.2) is 18.2 Å². The van der Waals surface area contributed by atoms with Crippen LogP contribution in [0.5, 0.6) is 5.75 Å². The van der Waals surface area contributed by atoms with E-state index in [1.165, 1.54) is 12.1 Å². The van der Waals surface area contributed by atoms with Crippen molar-refractivity contribution in [2.45, 2.75) is 39.3 Å². The average Bonchev–Trinajstić information content (AvgIpc) is 2.42. The fourth-order valence-electron chi connectivity index (χ4n) is 1.92. The van der Waals surface area contributed by atoms with Gasteiger partial charge in [-0.05, 0) is 37.6 Å². The smallest absolute Gasteiger partial charge is 0.258 e. The van der Waals surface area contributed by atoms with Crippen LogP contribution in [0.25, 0.3) is 0 Å². The molecular weight excluding hydrogens is 259 g/mol. The number of benzene rings is 1. The summed E-state index contributed by atoms with van der Waals surface area (Å²) in [6.45, 7) is 4.49. The van der Waals surface area contributed by atoms with E-state index in [0.717, 1.165) is 18.4 Å². The van der Waals surface area contributed by atoms with E-state index in [1.54, 1.807) is 13.1 Å². The highest BCUT2D eigenvalue weighted by atomic mass is 19.1. The summed E-state index contributed by atoms with van der Waals surface area (Å²) < 4.78 is 18.7. The molecule has 0 saturated carbocycles. The van der Waals surface area contributed by atoms with Crippen LogP contribution in [-0.4, -0.2) is 25.6 Å². The molecule has 0 saturated heterocycles. The lowest BCUT2D eigenvalue weighted by Crippen LogP contribution is -2.37. The van der Waals surface area contributed by atoms with Gasteiger partial charge in [-0.25, -0.2) is 4.39 Å². The number of rotatable bonds is 8. The van der Waals surface area contributed by atoms with Crippen molar-refractivity contribution in [3.63, 3.8) is 0 Å². The van der Waals surface area contributed by atoms with Crippen molar-refractivity contribution in [3.05, 3.63) is 29.6 Å². The summed E-state index contributed by atoms with van der Waals surface area (Å²) in [7, 11) is 1.79. The normalized spacial score (nSPS) is 10.7. The Balaban J connectivity index is 2.54. The van der Waals surface area contributed by atoms with Crippen molar-refractivity contribution in [1.82, 2.24) is 10.6 Å². The second kappa shape index (κ2) is 8.53. The van der Waals surface area contributed by atoms with Crippen molar-refractivity contribution in [2.75, 3.05) is 13.7 Å². The molecule has 0 fully saturated rings. The first-order valence-electron chi connectivity index (χ1n) is 6.95. The number of hydrogen-bond acceptors (Lipinski definition) is 3. The van der Waals surface area contributed by atoms with E-state index in [0.29, 0.717) is 12.3 Å². The van der Waals surface area contributed by atoms with Crippen LogP contribution < -0.4 is 15.4 Å². The molecule has 0 heterocycles. The molecule has 1 amide bonds. The molecule has 20 heavy (non-hydrogen) atoms. The van der Waals surface area contributed by atoms with Gasteiger partial charge in [-0.2, -0.15) is 0 Å². The molecule has 1 aromatic carbocycles. The van der Waals surface area contributed by atoms with Crippen LogP contribution in [-0.2, 0) is 11.3 Å². The van der Waals surface area contributed by atoms with Gasteiger partial charge in [0.15, 0.2) is 6.61 Å². The van der Waals surface area contributed by atoms with Gasteiger partial charge in [0, 0.05) is 18.7 Å². The third-order valence-electron chi connectivity index (χ3n) is 3.03. The lowest BCUT2D eigenvalue weighted by atomic mass is 10.2. The molecule has 0 aromatic heterocycles.